The van der Waals surface area contributed by atoms with E-state index in [1.807, 2.05) is 0 Å². The number of rotatable bonds is 6. The van der Waals surface area contributed by atoms with Gasteiger partial charge in [-0.25, -0.2) is 18.7 Å². The van der Waals surface area contributed by atoms with Crippen LogP contribution in [0.2, 0.25) is 0 Å². The van der Waals surface area contributed by atoms with E-state index in [0.29, 0.717) is 28.2 Å². The second-order valence-corrected chi connectivity index (χ2v) is 6.64. The zero-order valence-electron chi connectivity index (χ0n) is 15.5. The lowest BCUT2D eigenvalue weighted by molar-refractivity contribution is 0.335. The van der Waals surface area contributed by atoms with E-state index >= 15 is 0 Å². The molecule has 0 bridgehead atoms. The van der Waals surface area contributed by atoms with Crippen molar-refractivity contribution in [2.24, 2.45) is 0 Å². The van der Waals surface area contributed by atoms with Crippen LogP contribution in [0.15, 0.2) is 22.8 Å². The van der Waals surface area contributed by atoms with Crippen molar-refractivity contribution in [3.8, 4) is 23.0 Å². The molecule has 0 atom stereocenters. The van der Waals surface area contributed by atoms with E-state index in [9.17, 15) is 8.78 Å². The second-order valence-electron chi connectivity index (χ2n) is 5.85. The fourth-order valence-corrected chi connectivity index (χ4v) is 3.07. The maximum atomic E-state index is 14.4. The van der Waals surface area contributed by atoms with Crippen molar-refractivity contribution in [2.75, 3.05) is 19.5 Å². The van der Waals surface area contributed by atoms with Crippen molar-refractivity contribution in [1.82, 2.24) is 19.7 Å². The molecule has 10 heteroatoms. The first-order valence-corrected chi connectivity index (χ1v) is 9.15. The normalized spacial score (nSPS) is 10.9. The molecule has 0 unspecified atom stereocenters. The highest BCUT2D eigenvalue weighted by Crippen LogP contribution is 2.31. The number of nitrogens with zero attached hydrogens (tertiary/aromatic N) is 4. The van der Waals surface area contributed by atoms with Crippen LogP contribution in [0.5, 0.6) is 11.5 Å². The Labute approximate surface area is 168 Å². The number of benzene rings is 1. The number of hydrogen-bond donors (Lipinski definition) is 1. The van der Waals surface area contributed by atoms with E-state index in [0.717, 1.165) is 12.1 Å². The van der Waals surface area contributed by atoms with Crippen molar-refractivity contribution in [3.63, 3.8) is 0 Å². The van der Waals surface area contributed by atoms with Crippen LogP contribution < -0.4 is 15.2 Å². The molecular formula is C18H18BrF2N5O2. The molecule has 28 heavy (non-hydrogen) atoms. The van der Waals surface area contributed by atoms with Gasteiger partial charge in [-0.1, -0.05) is 0 Å². The van der Waals surface area contributed by atoms with E-state index in [1.54, 1.807) is 13.8 Å². The number of hydrogen-bond acceptors (Lipinski definition) is 6. The zero-order chi connectivity index (χ0) is 20.4. The number of methoxy groups -OCH3 is 1. The van der Waals surface area contributed by atoms with Crippen molar-refractivity contribution in [2.45, 2.75) is 20.4 Å². The first-order valence-electron chi connectivity index (χ1n) is 8.36. The van der Waals surface area contributed by atoms with Crippen LogP contribution in [-0.2, 0) is 6.54 Å². The Bertz CT molecular complexity index is 1000. The molecule has 3 aromatic rings. The molecule has 2 heterocycles. The summed E-state index contributed by atoms with van der Waals surface area (Å²) in [5.41, 5.74) is 6.76. The van der Waals surface area contributed by atoms with Gasteiger partial charge in [0.1, 0.15) is 23.1 Å². The van der Waals surface area contributed by atoms with Crippen LogP contribution in [0.1, 0.15) is 18.2 Å². The summed E-state index contributed by atoms with van der Waals surface area (Å²) >= 11 is 3.44. The molecule has 0 spiro atoms. The van der Waals surface area contributed by atoms with E-state index in [-0.39, 0.29) is 29.5 Å². The van der Waals surface area contributed by atoms with Crippen LogP contribution >= 0.6 is 15.9 Å². The quantitative estimate of drug-likeness (QED) is 0.611. The highest BCUT2D eigenvalue weighted by molar-refractivity contribution is 9.10. The van der Waals surface area contributed by atoms with Gasteiger partial charge in [-0.05, 0) is 29.8 Å². The maximum Gasteiger partial charge on any atom is 0.183 e. The SMILES string of the molecule is CCOc1cc(F)c(Cn2nc(-c3ncc(OC)c(N)n3)c(Br)c2C)c(F)c1. The van der Waals surface area contributed by atoms with Gasteiger partial charge in [0.2, 0.25) is 0 Å². The van der Waals surface area contributed by atoms with Gasteiger partial charge in [0.15, 0.2) is 17.4 Å². The third kappa shape index (κ3) is 3.77. The summed E-state index contributed by atoms with van der Waals surface area (Å²) in [5.74, 6) is -0.506. The van der Waals surface area contributed by atoms with Gasteiger partial charge in [0, 0.05) is 17.7 Å². The average molecular weight is 454 g/mol. The predicted molar refractivity (Wildman–Crippen MR) is 103 cm³/mol. The lowest BCUT2D eigenvalue weighted by atomic mass is 10.2. The Morgan fingerprint density at radius 2 is 1.93 bits per heavy atom. The van der Waals surface area contributed by atoms with E-state index < -0.39 is 11.6 Å². The molecule has 2 N–H and O–H groups in total. The Kier molecular flexibility index (Phi) is 5.78. The number of nitrogens with two attached hydrogens (primary N) is 1. The Balaban J connectivity index is 1.97. The van der Waals surface area contributed by atoms with Gasteiger partial charge in [0.25, 0.3) is 0 Å². The summed E-state index contributed by atoms with van der Waals surface area (Å²) < 4.78 is 41.1. The molecule has 0 aliphatic rings. The molecular weight excluding hydrogens is 436 g/mol. The Morgan fingerprint density at radius 1 is 1.25 bits per heavy atom. The maximum absolute atomic E-state index is 14.4. The molecule has 0 saturated heterocycles. The lowest BCUT2D eigenvalue weighted by Crippen LogP contribution is -2.09. The van der Waals surface area contributed by atoms with Gasteiger partial charge < -0.3 is 15.2 Å². The third-order valence-corrected chi connectivity index (χ3v) is 5.03. The number of halogens is 3. The number of anilines is 1. The van der Waals surface area contributed by atoms with Crippen molar-refractivity contribution < 1.29 is 18.3 Å². The fourth-order valence-electron chi connectivity index (χ4n) is 2.61. The molecule has 2 aromatic heterocycles. The van der Waals surface area contributed by atoms with Gasteiger partial charge in [0.05, 0.1) is 36.6 Å². The minimum atomic E-state index is -0.707. The fraction of sp³-hybridized carbons (Fsp3) is 0.278. The molecule has 0 amide bonds. The van der Waals surface area contributed by atoms with Crippen LogP contribution in [0, 0.1) is 18.6 Å². The van der Waals surface area contributed by atoms with E-state index in [4.69, 9.17) is 15.2 Å². The minimum Gasteiger partial charge on any atom is -0.494 e. The molecule has 0 radical (unpaired) electrons. The second kappa shape index (κ2) is 8.09. The summed E-state index contributed by atoms with van der Waals surface area (Å²) in [6, 6.07) is 2.31. The summed E-state index contributed by atoms with van der Waals surface area (Å²) in [7, 11) is 1.46. The summed E-state index contributed by atoms with van der Waals surface area (Å²) in [6.45, 7) is 3.71. The molecule has 0 aliphatic carbocycles. The summed E-state index contributed by atoms with van der Waals surface area (Å²) in [6.07, 6.45) is 1.43. The highest BCUT2D eigenvalue weighted by Gasteiger charge is 2.20. The largest absolute Gasteiger partial charge is 0.494 e. The van der Waals surface area contributed by atoms with Crippen molar-refractivity contribution >= 4 is 21.7 Å². The van der Waals surface area contributed by atoms with Gasteiger partial charge in [-0.2, -0.15) is 5.10 Å². The van der Waals surface area contributed by atoms with E-state index in [1.165, 1.54) is 18.0 Å². The number of ether oxygens (including phenoxy) is 2. The zero-order valence-corrected chi connectivity index (χ0v) is 17.0. The molecule has 0 fully saturated rings. The average Bonchev–Trinajstić information content (AvgIpc) is 2.93. The topological polar surface area (TPSA) is 88.1 Å². The van der Waals surface area contributed by atoms with Crippen LogP contribution in [0.25, 0.3) is 11.5 Å². The first kappa shape index (κ1) is 20.0. The molecule has 148 valence electrons. The molecule has 3 rings (SSSR count). The molecule has 0 saturated carbocycles. The smallest absolute Gasteiger partial charge is 0.183 e. The van der Waals surface area contributed by atoms with Gasteiger partial charge in [-0.3, -0.25) is 4.68 Å². The Morgan fingerprint density at radius 3 is 2.50 bits per heavy atom. The van der Waals surface area contributed by atoms with Crippen LogP contribution in [0.4, 0.5) is 14.6 Å². The molecule has 1 aromatic carbocycles. The summed E-state index contributed by atoms with van der Waals surface area (Å²) in [4.78, 5) is 8.36. The third-order valence-electron chi connectivity index (χ3n) is 4.08. The van der Waals surface area contributed by atoms with Crippen LogP contribution in [-0.4, -0.2) is 33.5 Å². The molecule has 0 aliphatic heterocycles. The standard InChI is InChI=1S/C18H18BrF2N5O2/c1-4-28-10-5-12(20)11(13(21)6-10)8-26-9(2)15(19)16(25-26)18-23-7-14(27-3)17(22)24-18/h5-7H,4,8H2,1-3H3,(H2,22,23,24). The molecule has 7 nitrogen and oxygen atoms in total. The predicted octanol–water partition coefficient (Wildman–Crippen LogP) is 3.73. The minimum absolute atomic E-state index is 0.111. The van der Waals surface area contributed by atoms with Crippen LogP contribution in [0.3, 0.4) is 0 Å². The Hall–Kier alpha value is -2.75. The monoisotopic (exact) mass is 453 g/mol. The highest BCUT2D eigenvalue weighted by atomic mass is 79.9. The number of aromatic nitrogens is 4. The number of nitrogen functional groups attached to an aromatic ring is 1. The van der Waals surface area contributed by atoms with Crippen molar-refractivity contribution in [3.05, 3.63) is 45.7 Å². The van der Waals surface area contributed by atoms with Gasteiger partial charge >= 0.3 is 0 Å². The van der Waals surface area contributed by atoms with E-state index in [2.05, 4.69) is 31.0 Å². The van der Waals surface area contributed by atoms with Gasteiger partial charge in [-0.15, -0.1) is 0 Å². The first-order chi connectivity index (χ1) is 13.3. The lowest BCUT2D eigenvalue weighted by Gasteiger charge is -2.10. The van der Waals surface area contributed by atoms with Crippen molar-refractivity contribution in [1.29, 1.82) is 0 Å². The summed E-state index contributed by atoms with van der Waals surface area (Å²) in [5, 5.41) is 4.40.